The lowest BCUT2D eigenvalue weighted by molar-refractivity contribution is 0.505. The van der Waals surface area contributed by atoms with Gasteiger partial charge in [-0.15, -0.1) is 0 Å². The van der Waals surface area contributed by atoms with Gasteiger partial charge in [0.05, 0.1) is 0 Å². The molecule has 0 fully saturated rings. The highest BCUT2D eigenvalue weighted by atomic mass is 79.9. The summed E-state index contributed by atoms with van der Waals surface area (Å²) in [5, 5.41) is 0. The molecule has 0 radical (unpaired) electrons. The predicted octanol–water partition coefficient (Wildman–Crippen LogP) is 31.1. The largest absolute Gasteiger partial charge is 0.0654 e. The maximum absolute atomic E-state index is 4.06. The van der Waals surface area contributed by atoms with E-state index in [1.807, 2.05) is 0 Å². The molecule has 101 heavy (non-hydrogen) atoms. The fourth-order valence-electron chi connectivity index (χ4n) is 18.8. The molecular weight excluding hydrogens is 1350 g/mol. The highest BCUT2D eigenvalue weighted by Crippen LogP contribution is 2.61. The quantitative estimate of drug-likeness (QED) is 0.0335. The van der Waals surface area contributed by atoms with Crippen molar-refractivity contribution in [2.45, 2.75) is 289 Å². The Morgan fingerprint density at radius 3 is 0.713 bits per heavy atom. The SMILES string of the molecule is CCCCCCCCC1(c2cccc(CCCCCC)c2)c2cc(Br)ccc2-c2ccc(-c3ccc4c(c3)C(CCCCCCCC)(c3cccc(CCCCCC)c3)c3cc(-c5ccc6c(c5)C(CCCCCCCC)(c5cccc(CCCCCC)c5)c5cc(Br)ccc5-6)ccc3-4)cc21. The van der Waals surface area contributed by atoms with Crippen LogP contribution in [0.3, 0.4) is 0 Å². The molecule has 0 heterocycles. The van der Waals surface area contributed by atoms with E-state index in [1.54, 1.807) is 0 Å². The average molecular weight is 1470 g/mol. The number of benzene rings is 9. The molecule has 0 aliphatic heterocycles. The van der Waals surface area contributed by atoms with Crippen LogP contribution in [-0.4, -0.2) is 0 Å². The second-order valence-corrected chi connectivity index (χ2v) is 33.1. The predicted molar refractivity (Wildman–Crippen MR) is 446 cm³/mol. The minimum Gasteiger partial charge on any atom is -0.0654 e. The van der Waals surface area contributed by atoms with Gasteiger partial charge in [-0.25, -0.2) is 0 Å². The van der Waals surface area contributed by atoms with Crippen molar-refractivity contribution >= 4 is 31.9 Å². The van der Waals surface area contributed by atoms with Crippen molar-refractivity contribution < 1.29 is 0 Å². The van der Waals surface area contributed by atoms with Crippen molar-refractivity contribution in [3.63, 3.8) is 0 Å². The van der Waals surface area contributed by atoms with Gasteiger partial charge in [-0.05, 0) is 229 Å². The van der Waals surface area contributed by atoms with Gasteiger partial charge in [0.15, 0.2) is 0 Å². The van der Waals surface area contributed by atoms with Crippen LogP contribution < -0.4 is 0 Å². The van der Waals surface area contributed by atoms with Gasteiger partial charge in [-0.1, -0.05) is 380 Å². The van der Waals surface area contributed by atoms with Crippen molar-refractivity contribution in [1.82, 2.24) is 0 Å². The molecule has 0 aromatic heterocycles. The molecule has 9 aromatic rings. The first-order chi connectivity index (χ1) is 49.6. The van der Waals surface area contributed by atoms with Crippen molar-refractivity contribution in [2.75, 3.05) is 0 Å². The van der Waals surface area contributed by atoms with Crippen LogP contribution in [0.25, 0.3) is 55.6 Å². The number of rotatable bonds is 41. The minimum absolute atomic E-state index is 0.278. The Morgan fingerprint density at radius 1 is 0.218 bits per heavy atom. The second-order valence-electron chi connectivity index (χ2n) is 31.2. The Labute approximate surface area is 629 Å². The summed E-state index contributed by atoms with van der Waals surface area (Å²) in [6.45, 7) is 14.0. The Hall–Kier alpha value is -6.06. The lowest BCUT2D eigenvalue weighted by Gasteiger charge is -2.35. The summed E-state index contributed by atoms with van der Waals surface area (Å²) in [7, 11) is 0. The lowest BCUT2D eigenvalue weighted by atomic mass is 9.67. The number of fused-ring (bicyclic) bond motifs is 9. The van der Waals surface area contributed by atoms with Gasteiger partial charge in [0.25, 0.3) is 0 Å². The Morgan fingerprint density at radius 2 is 0.446 bits per heavy atom. The molecule has 0 saturated carbocycles. The molecule has 9 aromatic carbocycles. The van der Waals surface area contributed by atoms with Gasteiger partial charge in [0, 0.05) is 25.2 Å². The Bertz CT molecular complexity index is 3950. The van der Waals surface area contributed by atoms with Gasteiger partial charge < -0.3 is 0 Å². The van der Waals surface area contributed by atoms with Crippen LogP contribution in [0.5, 0.6) is 0 Å². The van der Waals surface area contributed by atoms with E-state index in [-0.39, 0.29) is 16.2 Å². The summed E-state index contributed by atoms with van der Waals surface area (Å²) in [5.74, 6) is 0. The van der Waals surface area contributed by atoms with E-state index in [9.17, 15) is 0 Å². The highest BCUT2D eigenvalue weighted by Gasteiger charge is 2.48. The summed E-state index contributed by atoms with van der Waals surface area (Å²) in [5.41, 5.74) is 30.5. The van der Waals surface area contributed by atoms with E-state index >= 15 is 0 Å². The van der Waals surface area contributed by atoms with Gasteiger partial charge >= 0.3 is 0 Å². The van der Waals surface area contributed by atoms with Crippen molar-refractivity contribution in [3.05, 3.63) is 258 Å². The maximum atomic E-state index is 4.06. The third-order valence-corrected chi connectivity index (χ3v) is 25.3. The average Bonchev–Trinajstić information content (AvgIpc) is 1.57. The third kappa shape index (κ3) is 16.3. The second kappa shape index (κ2) is 36.1. The van der Waals surface area contributed by atoms with Crippen LogP contribution in [0.4, 0.5) is 0 Å². The van der Waals surface area contributed by atoms with Gasteiger partial charge in [0.2, 0.25) is 0 Å². The van der Waals surface area contributed by atoms with Crippen molar-refractivity contribution in [3.8, 4) is 55.6 Å². The molecule has 0 amide bonds. The third-order valence-electron chi connectivity index (χ3n) is 24.3. The maximum Gasteiger partial charge on any atom is 0.0464 e. The number of hydrogen-bond donors (Lipinski definition) is 0. The van der Waals surface area contributed by atoms with Gasteiger partial charge in [-0.2, -0.15) is 0 Å². The Balaban J connectivity index is 1.02. The molecule has 0 bridgehead atoms. The minimum atomic E-state index is -0.364. The summed E-state index contributed by atoms with van der Waals surface area (Å²) in [6, 6.07) is 75.4. The molecule has 2 heteroatoms. The molecule has 12 rings (SSSR count). The fraction of sp³-hybridized carbons (Fsp3) is 0.455. The monoisotopic (exact) mass is 1470 g/mol. The first kappa shape index (κ1) is 74.7. The summed E-state index contributed by atoms with van der Waals surface area (Å²) in [4.78, 5) is 0. The topological polar surface area (TPSA) is 0 Å². The summed E-state index contributed by atoms with van der Waals surface area (Å²) < 4.78 is 2.34. The first-order valence-electron chi connectivity index (χ1n) is 41.1. The van der Waals surface area contributed by atoms with Crippen molar-refractivity contribution in [1.29, 1.82) is 0 Å². The standard InChI is InChI=1S/C99H120Br2/c1-7-13-19-25-28-34-61-97(80-46-37-43-73(64-80)40-31-22-16-10-4)91-67-76(78-51-57-87-89-59-53-83(100)71-95(89)98(93(87)69-78,62-35-29-26-20-14-8-2)81-47-38-44-74(65-81)41-32-23-17-11-5)49-55-85(91)86-56-50-77(68-92(86)97)79-52-58-88-90-60-54-84(101)72-96(90)99(94(88)70-79,63-36-30-27-21-15-9-3)82-48-39-45-75(66-82)42-33-24-18-12-6/h37-39,43-60,64-72H,7-36,40-42,61-63H2,1-6H3. The van der Waals surface area contributed by atoms with Crippen LogP contribution >= 0.6 is 31.9 Å². The van der Waals surface area contributed by atoms with E-state index in [2.05, 4.69) is 255 Å². The van der Waals surface area contributed by atoms with Crippen LogP contribution in [0.15, 0.2) is 191 Å². The zero-order valence-electron chi connectivity index (χ0n) is 63.0. The zero-order chi connectivity index (χ0) is 70.0. The van der Waals surface area contributed by atoms with Gasteiger partial charge in [-0.3, -0.25) is 0 Å². The van der Waals surface area contributed by atoms with Crippen LogP contribution in [-0.2, 0) is 35.5 Å². The smallest absolute Gasteiger partial charge is 0.0464 e. The molecule has 3 aliphatic carbocycles. The molecule has 3 aliphatic rings. The van der Waals surface area contributed by atoms with Crippen LogP contribution in [0.1, 0.15) is 320 Å². The van der Waals surface area contributed by atoms with Crippen LogP contribution in [0, 0.1) is 0 Å². The summed E-state index contributed by atoms with van der Waals surface area (Å²) in [6.07, 6.45) is 44.8. The van der Waals surface area contributed by atoms with E-state index < -0.39 is 0 Å². The Kier molecular flexibility index (Phi) is 26.7. The number of aryl methyl sites for hydroxylation is 3. The van der Waals surface area contributed by atoms with E-state index in [0.717, 1.165) is 38.5 Å². The van der Waals surface area contributed by atoms with Crippen molar-refractivity contribution in [2.24, 2.45) is 0 Å². The highest BCUT2D eigenvalue weighted by molar-refractivity contribution is 9.10. The molecule has 0 N–H and O–H groups in total. The molecule has 0 nitrogen and oxygen atoms in total. The molecule has 2 unspecified atom stereocenters. The number of unbranched alkanes of at least 4 members (excludes halogenated alkanes) is 24. The van der Waals surface area contributed by atoms with Crippen LogP contribution in [0.2, 0.25) is 0 Å². The molecule has 0 spiro atoms. The van der Waals surface area contributed by atoms with Gasteiger partial charge in [0.1, 0.15) is 0 Å². The first-order valence-corrected chi connectivity index (χ1v) is 42.7. The molecule has 2 atom stereocenters. The van der Waals surface area contributed by atoms with E-state index in [4.69, 9.17) is 0 Å². The zero-order valence-corrected chi connectivity index (χ0v) is 66.2. The number of halogens is 2. The summed E-state index contributed by atoms with van der Waals surface area (Å²) >= 11 is 8.12. The van der Waals surface area contributed by atoms with E-state index in [0.29, 0.717) is 0 Å². The molecule has 530 valence electrons. The van der Waals surface area contributed by atoms with E-state index in [1.165, 1.54) is 324 Å². The number of hydrogen-bond acceptors (Lipinski definition) is 0. The lowest BCUT2D eigenvalue weighted by Crippen LogP contribution is -2.28. The normalized spacial score (nSPS) is 16.9. The molecule has 0 saturated heterocycles. The molecular formula is C99H120Br2. The fourth-order valence-corrected chi connectivity index (χ4v) is 19.5.